The van der Waals surface area contributed by atoms with Gasteiger partial charge in [-0.3, -0.25) is 9.59 Å². The van der Waals surface area contributed by atoms with Crippen LogP contribution in [0.2, 0.25) is 0 Å². The summed E-state index contributed by atoms with van der Waals surface area (Å²) in [5.74, 6) is -0.635. The predicted molar refractivity (Wildman–Crippen MR) is 73.4 cm³/mol. The van der Waals surface area contributed by atoms with E-state index in [1.54, 1.807) is 29.1 Å². The van der Waals surface area contributed by atoms with Gasteiger partial charge >= 0.3 is 0 Å². The molecule has 0 spiro atoms. The second-order valence-corrected chi connectivity index (χ2v) is 4.39. The van der Waals surface area contributed by atoms with E-state index in [1.807, 2.05) is 30.3 Å². The number of aromatic nitrogens is 1. The number of rotatable bonds is 5. The summed E-state index contributed by atoms with van der Waals surface area (Å²) >= 11 is 0. The predicted octanol–water partition coefficient (Wildman–Crippen LogP) is -2.61. The van der Waals surface area contributed by atoms with E-state index < -0.39 is 5.91 Å². The van der Waals surface area contributed by atoms with Crippen molar-refractivity contribution in [2.24, 2.45) is 5.73 Å². The van der Waals surface area contributed by atoms with Crippen LogP contribution in [0.5, 0.6) is 0 Å². The monoisotopic (exact) mass is 305 g/mol. The van der Waals surface area contributed by atoms with E-state index in [9.17, 15) is 9.59 Å². The van der Waals surface area contributed by atoms with E-state index in [2.05, 4.69) is 5.32 Å². The summed E-state index contributed by atoms with van der Waals surface area (Å²) in [5.41, 5.74) is 6.61. The van der Waals surface area contributed by atoms with Crippen molar-refractivity contribution >= 4 is 11.8 Å². The Balaban J connectivity index is 0.00000220. The number of halogens is 1. The zero-order valence-electron chi connectivity index (χ0n) is 11.3. The molecule has 0 fully saturated rings. The van der Waals surface area contributed by atoms with Crippen molar-refractivity contribution < 1.29 is 26.6 Å². The Morgan fingerprint density at radius 2 is 1.81 bits per heavy atom. The number of carbonyl (C=O) groups excluding carboxylic acids is 2. The van der Waals surface area contributed by atoms with Gasteiger partial charge in [0.1, 0.15) is 5.56 Å². The van der Waals surface area contributed by atoms with Crippen molar-refractivity contribution in [1.29, 1.82) is 0 Å². The van der Waals surface area contributed by atoms with Gasteiger partial charge in [-0.1, -0.05) is 30.3 Å². The molecule has 3 N–H and O–H groups in total. The second-order valence-electron chi connectivity index (χ2n) is 4.39. The van der Waals surface area contributed by atoms with Gasteiger partial charge in [-0.05, 0) is 11.6 Å². The molecule has 110 valence electrons. The summed E-state index contributed by atoms with van der Waals surface area (Å²) in [4.78, 5) is 22.9. The average molecular weight is 306 g/mol. The van der Waals surface area contributed by atoms with Gasteiger partial charge in [0.25, 0.3) is 11.8 Å². The van der Waals surface area contributed by atoms with E-state index in [4.69, 9.17) is 5.73 Å². The second kappa shape index (κ2) is 8.01. The number of nitrogens with one attached hydrogen (secondary N) is 1. The first kappa shape index (κ1) is 16.7. The molecule has 0 aliphatic carbocycles. The Bertz CT molecular complexity index is 617. The maximum Gasteiger partial charge on any atom is 0.286 e. The number of hydrogen-bond acceptors (Lipinski definition) is 2. The van der Waals surface area contributed by atoms with Crippen LogP contribution in [0.1, 0.15) is 15.9 Å². The van der Waals surface area contributed by atoms with Gasteiger partial charge in [-0.2, -0.15) is 4.57 Å². The van der Waals surface area contributed by atoms with Crippen molar-refractivity contribution in [3.63, 3.8) is 0 Å². The molecule has 21 heavy (non-hydrogen) atoms. The minimum atomic E-state index is -0.510. The fourth-order valence-electron chi connectivity index (χ4n) is 1.78. The van der Waals surface area contributed by atoms with Gasteiger partial charge in [0.15, 0.2) is 12.4 Å². The highest BCUT2D eigenvalue weighted by molar-refractivity contribution is 5.92. The highest BCUT2D eigenvalue weighted by Crippen LogP contribution is 1.97. The number of primary amides is 1. The maximum absolute atomic E-state index is 11.8. The van der Waals surface area contributed by atoms with Crippen LogP contribution in [0.25, 0.3) is 0 Å². The SMILES string of the molecule is NC(=O)c1ccc[n+](CC(=O)NCc2ccccc2)c1.[Cl-]. The Morgan fingerprint density at radius 3 is 2.48 bits per heavy atom. The van der Waals surface area contributed by atoms with Crippen molar-refractivity contribution in [2.45, 2.75) is 13.1 Å². The smallest absolute Gasteiger partial charge is 0.286 e. The minimum absolute atomic E-state index is 0. The Hall–Kier alpha value is -2.40. The lowest BCUT2D eigenvalue weighted by molar-refractivity contribution is -0.684. The molecule has 5 nitrogen and oxygen atoms in total. The fourth-order valence-corrected chi connectivity index (χ4v) is 1.78. The van der Waals surface area contributed by atoms with Crippen LogP contribution in [-0.4, -0.2) is 11.8 Å². The van der Waals surface area contributed by atoms with Crippen LogP contribution in [0.4, 0.5) is 0 Å². The maximum atomic E-state index is 11.8. The third-order valence-electron chi connectivity index (χ3n) is 2.80. The highest BCUT2D eigenvalue weighted by Gasteiger charge is 2.11. The van der Waals surface area contributed by atoms with Crippen molar-refractivity contribution in [2.75, 3.05) is 0 Å². The van der Waals surface area contributed by atoms with Crippen molar-refractivity contribution in [3.8, 4) is 0 Å². The van der Waals surface area contributed by atoms with Crippen LogP contribution < -0.4 is 28.0 Å². The highest BCUT2D eigenvalue weighted by atomic mass is 35.5. The first-order valence-corrected chi connectivity index (χ1v) is 6.24. The summed E-state index contributed by atoms with van der Waals surface area (Å²) in [6, 6.07) is 13.0. The lowest BCUT2D eigenvalue weighted by atomic mass is 10.2. The lowest BCUT2D eigenvalue weighted by Gasteiger charge is -2.03. The Kier molecular flexibility index (Phi) is 6.36. The van der Waals surface area contributed by atoms with E-state index >= 15 is 0 Å². The summed E-state index contributed by atoms with van der Waals surface area (Å²) in [7, 11) is 0. The molecular formula is C15H16ClN3O2. The zero-order chi connectivity index (χ0) is 14.4. The van der Waals surface area contributed by atoms with Gasteiger partial charge in [0.2, 0.25) is 6.54 Å². The Morgan fingerprint density at radius 1 is 1.10 bits per heavy atom. The van der Waals surface area contributed by atoms with Crippen molar-refractivity contribution in [1.82, 2.24) is 5.32 Å². The molecule has 0 saturated heterocycles. The first-order valence-electron chi connectivity index (χ1n) is 6.24. The van der Waals surface area contributed by atoms with Gasteiger partial charge < -0.3 is 23.5 Å². The van der Waals surface area contributed by atoms with E-state index in [-0.39, 0.29) is 24.9 Å². The van der Waals surface area contributed by atoms with E-state index in [1.165, 1.54) is 0 Å². The standard InChI is InChI=1S/C15H15N3O2.ClH/c16-15(20)13-7-4-8-18(10-13)11-14(19)17-9-12-5-2-1-3-6-12;/h1-8,10H,9,11H2,(H2-,16,17,19,20);1H. The number of nitrogens with zero attached hydrogens (tertiary/aromatic N) is 1. The van der Waals surface area contributed by atoms with Gasteiger partial charge in [0, 0.05) is 12.6 Å². The molecule has 0 aliphatic heterocycles. The molecule has 0 atom stereocenters. The summed E-state index contributed by atoms with van der Waals surface area (Å²) < 4.78 is 1.63. The number of benzene rings is 1. The Labute approximate surface area is 129 Å². The number of pyridine rings is 1. The number of amides is 2. The van der Waals surface area contributed by atoms with E-state index in [0.717, 1.165) is 5.56 Å². The molecule has 1 aromatic carbocycles. The zero-order valence-corrected chi connectivity index (χ0v) is 12.1. The summed E-state index contributed by atoms with van der Waals surface area (Å²) in [6.07, 6.45) is 3.28. The van der Waals surface area contributed by atoms with Crippen LogP contribution in [-0.2, 0) is 17.9 Å². The van der Waals surface area contributed by atoms with Crippen LogP contribution >= 0.6 is 0 Å². The average Bonchev–Trinajstić information content (AvgIpc) is 2.46. The van der Waals surface area contributed by atoms with Gasteiger partial charge in [-0.25, -0.2) is 0 Å². The first-order chi connectivity index (χ1) is 9.65. The molecule has 1 heterocycles. The molecular weight excluding hydrogens is 290 g/mol. The lowest BCUT2D eigenvalue weighted by Crippen LogP contribution is -3.00. The molecule has 0 aliphatic rings. The summed E-state index contributed by atoms with van der Waals surface area (Å²) in [5, 5.41) is 2.82. The molecule has 2 aromatic rings. The molecule has 2 rings (SSSR count). The number of carbonyl (C=O) groups is 2. The molecule has 2 amide bonds. The van der Waals surface area contributed by atoms with Gasteiger partial charge in [-0.15, -0.1) is 0 Å². The fraction of sp³-hybridized carbons (Fsp3) is 0.133. The number of hydrogen-bond donors (Lipinski definition) is 2. The molecule has 0 saturated carbocycles. The topological polar surface area (TPSA) is 76.1 Å². The normalized spacial score (nSPS) is 9.52. The van der Waals surface area contributed by atoms with Crippen LogP contribution in [0.3, 0.4) is 0 Å². The van der Waals surface area contributed by atoms with Gasteiger partial charge in [0.05, 0.1) is 0 Å². The molecule has 0 unspecified atom stereocenters. The quantitative estimate of drug-likeness (QED) is 0.594. The van der Waals surface area contributed by atoms with Crippen molar-refractivity contribution in [3.05, 3.63) is 66.0 Å². The molecule has 0 radical (unpaired) electrons. The summed E-state index contributed by atoms with van der Waals surface area (Å²) in [6.45, 7) is 0.629. The molecule has 0 bridgehead atoms. The third-order valence-corrected chi connectivity index (χ3v) is 2.80. The van der Waals surface area contributed by atoms with Crippen LogP contribution in [0.15, 0.2) is 54.9 Å². The molecule has 1 aromatic heterocycles. The number of nitrogens with two attached hydrogens (primary N) is 1. The van der Waals surface area contributed by atoms with E-state index in [0.29, 0.717) is 12.1 Å². The largest absolute Gasteiger partial charge is 1.00 e. The minimum Gasteiger partial charge on any atom is -1.00 e. The van der Waals surface area contributed by atoms with Crippen LogP contribution in [0, 0.1) is 0 Å². The molecule has 6 heteroatoms. The third kappa shape index (κ3) is 5.24.